The summed E-state index contributed by atoms with van der Waals surface area (Å²) in [6.07, 6.45) is -7.88. The molecule has 0 saturated heterocycles. The van der Waals surface area contributed by atoms with Gasteiger partial charge in [-0.2, -0.15) is 22.0 Å². The Hall–Kier alpha value is -1.62. The smallest absolute Gasteiger partial charge is 0.418 e. The lowest BCUT2D eigenvalue weighted by molar-refractivity contribution is -0.137. The van der Waals surface area contributed by atoms with Crippen molar-refractivity contribution in [3.63, 3.8) is 0 Å². The summed E-state index contributed by atoms with van der Waals surface area (Å²) in [5.41, 5.74) is -3.18. The summed E-state index contributed by atoms with van der Waals surface area (Å²) in [5.74, 6) is -1.96. The summed E-state index contributed by atoms with van der Waals surface area (Å²) in [6, 6.07) is 1.29. The van der Waals surface area contributed by atoms with Crippen LogP contribution in [0.3, 0.4) is 0 Å². The zero-order valence-corrected chi connectivity index (χ0v) is 15.8. The summed E-state index contributed by atoms with van der Waals surface area (Å²) >= 11 is 3.07. The van der Waals surface area contributed by atoms with Gasteiger partial charge in [-0.3, -0.25) is 4.79 Å². The molecule has 1 aliphatic carbocycles. The van der Waals surface area contributed by atoms with Crippen molar-refractivity contribution in [2.75, 3.05) is 22.6 Å². The Morgan fingerprint density at radius 3 is 2.52 bits per heavy atom. The predicted molar refractivity (Wildman–Crippen MR) is 92.6 cm³/mol. The molecule has 3 N–H and O–H groups in total. The molecule has 1 aromatic carbocycles. The van der Waals surface area contributed by atoms with Crippen LogP contribution in [-0.4, -0.2) is 41.0 Å². The van der Waals surface area contributed by atoms with Crippen molar-refractivity contribution in [3.05, 3.63) is 17.7 Å². The number of hydrogen-bond donors (Lipinski definition) is 3. The summed E-state index contributed by atoms with van der Waals surface area (Å²) < 4.78 is 71.0. The van der Waals surface area contributed by atoms with E-state index in [0.717, 1.165) is 12.1 Å². The fraction of sp³-hybridized carbons (Fsp3) is 0.562. The highest BCUT2D eigenvalue weighted by Crippen LogP contribution is 2.44. The van der Waals surface area contributed by atoms with E-state index in [1.54, 1.807) is 0 Å². The number of ether oxygens (including phenoxy) is 1. The van der Waals surface area contributed by atoms with Crippen molar-refractivity contribution in [2.24, 2.45) is 0 Å². The van der Waals surface area contributed by atoms with Crippen LogP contribution in [0.5, 0.6) is 5.75 Å². The average Bonchev–Trinajstić information content (AvgIpc) is 2.51. The van der Waals surface area contributed by atoms with Gasteiger partial charge in [-0.25, -0.2) is 0 Å². The molecular weight excluding hydrogens is 443 g/mol. The third kappa shape index (κ3) is 5.68. The van der Waals surface area contributed by atoms with Crippen LogP contribution >= 0.6 is 15.9 Å². The minimum atomic E-state index is -4.83. The summed E-state index contributed by atoms with van der Waals surface area (Å²) in [6.45, 7) is 1.57. The van der Waals surface area contributed by atoms with Gasteiger partial charge in [-0.1, -0.05) is 15.9 Å². The first kappa shape index (κ1) is 21.7. The first-order valence-electron chi connectivity index (χ1n) is 7.95. The number of anilines is 2. The second-order valence-electron chi connectivity index (χ2n) is 6.46. The van der Waals surface area contributed by atoms with E-state index in [0.29, 0.717) is 5.33 Å². The second kappa shape index (κ2) is 8.17. The number of hydrogen-bond acceptors (Lipinski definition) is 4. The Balaban J connectivity index is 2.45. The molecule has 1 fully saturated rings. The minimum absolute atomic E-state index is 0.0395. The number of carbonyl (C=O) groups is 1. The molecule has 0 aromatic heterocycles. The van der Waals surface area contributed by atoms with E-state index >= 15 is 0 Å². The molecular formula is C16H18BrF5N2O3. The normalized spacial score (nSPS) is 22.3. The first-order valence-corrected chi connectivity index (χ1v) is 9.07. The van der Waals surface area contributed by atoms with E-state index in [-0.39, 0.29) is 25.2 Å². The number of carbonyl (C=O) groups excluding carboxylic acids is 1. The molecule has 1 amide bonds. The van der Waals surface area contributed by atoms with Crippen LogP contribution in [0.4, 0.5) is 33.3 Å². The minimum Gasteiger partial charge on any atom is -0.493 e. The van der Waals surface area contributed by atoms with Gasteiger partial charge in [0.2, 0.25) is 0 Å². The van der Waals surface area contributed by atoms with Gasteiger partial charge in [0.15, 0.2) is 0 Å². The number of amides is 1. The standard InChI is InChI=1S/C16H18BrF5N2O3/c1-15(26)6-8(7-15)23-12-10(16(20,21)22)4-9(27-3-2-17)5-11(12)24-14(25)13(18)19/h4-5,8,13,23,26H,2-3,6-7H2,1H3,(H,24,25). The quantitative estimate of drug-likeness (QED) is 0.424. The second-order valence-corrected chi connectivity index (χ2v) is 7.26. The third-order valence-electron chi connectivity index (χ3n) is 3.94. The Kier molecular flexibility index (Phi) is 6.56. The van der Waals surface area contributed by atoms with Crippen LogP contribution in [0.25, 0.3) is 0 Å². The van der Waals surface area contributed by atoms with Gasteiger partial charge in [0.1, 0.15) is 5.75 Å². The van der Waals surface area contributed by atoms with Gasteiger partial charge in [-0.15, -0.1) is 0 Å². The average molecular weight is 461 g/mol. The van der Waals surface area contributed by atoms with Crippen molar-refractivity contribution in [2.45, 2.75) is 44.0 Å². The van der Waals surface area contributed by atoms with Crippen molar-refractivity contribution >= 4 is 33.2 Å². The Bertz CT molecular complexity index is 689. The molecule has 152 valence electrons. The largest absolute Gasteiger partial charge is 0.493 e. The maximum Gasteiger partial charge on any atom is 0.418 e. The Morgan fingerprint density at radius 2 is 2.04 bits per heavy atom. The first-order chi connectivity index (χ1) is 12.4. The molecule has 0 aliphatic heterocycles. The van der Waals surface area contributed by atoms with Gasteiger partial charge < -0.3 is 20.5 Å². The van der Waals surface area contributed by atoms with E-state index in [1.807, 2.05) is 5.32 Å². The molecule has 27 heavy (non-hydrogen) atoms. The predicted octanol–water partition coefficient (Wildman–Crippen LogP) is 4.01. The molecule has 0 unspecified atom stereocenters. The van der Waals surface area contributed by atoms with Crippen LogP contribution in [-0.2, 0) is 11.0 Å². The van der Waals surface area contributed by atoms with E-state index in [2.05, 4.69) is 21.2 Å². The number of halogens is 6. The molecule has 1 saturated carbocycles. The molecule has 1 aromatic rings. The summed E-state index contributed by atoms with van der Waals surface area (Å²) in [4.78, 5) is 11.4. The summed E-state index contributed by atoms with van der Waals surface area (Å²) in [7, 11) is 0. The van der Waals surface area contributed by atoms with Gasteiger partial charge in [0, 0.05) is 17.4 Å². The molecule has 0 bridgehead atoms. The number of alkyl halides is 6. The highest BCUT2D eigenvalue weighted by atomic mass is 79.9. The number of benzene rings is 1. The molecule has 5 nitrogen and oxygen atoms in total. The van der Waals surface area contributed by atoms with E-state index in [1.165, 1.54) is 6.92 Å². The Labute approximate surface area is 160 Å². The van der Waals surface area contributed by atoms with Crippen molar-refractivity contribution in [1.82, 2.24) is 0 Å². The van der Waals surface area contributed by atoms with Gasteiger partial charge in [-0.05, 0) is 25.8 Å². The van der Waals surface area contributed by atoms with Gasteiger partial charge >= 0.3 is 12.6 Å². The van der Waals surface area contributed by atoms with Crippen molar-refractivity contribution in [1.29, 1.82) is 0 Å². The van der Waals surface area contributed by atoms with Crippen molar-refractivity contribution < 1.29 is 36.6 Å². The molecule has 2 rings (SSSR count). The van der Waals surface area contributed by atoms with E-state index in [9.17, 15) is 31.9 Å². The van der Waals surface area contributed by atoms with Gasteiger partial charge in [0.05, 0.1) is 29.1 Å². The maximum absolute atomic E-state index is 13.5. The third-order valence-corrected chi connectivity index (χ3v) is 4.26. The van der Waals surface area contributed by atoms with E-state index in [4.69, 9.17) is 4.74 Å². The van der Waals surface area contributed by atoms with Crippen LogP contribution in [0, 0.1) is 0 Å². The van der Waals surface area contributed by atoms with Crippen LogP contribution in [0.15, 0.2) is 12.1 Å². The molecule has 1 aliphatic rings. The zero-order valence-electron chi connectivity index (χ0n) is 14.2. The molecule has 0 heterocycles. The topological polar surface area (TPSA) is 70.6 Å². The van der Waals surface area contributed by atoms with Crippen LogP contribution < -0.4 is 15.4 Å². The Morgan fingerprint density at radius 1 is 1.41 bits per heavy atom. The highest BCUT2D eigenvalue weighted by Gasteiger charge is 2.41. The lowest BCUT2D eigenvalue weighted by atomic mass is 9.77. The van der Waals surface area contributed by atoms with Gasteiger partial charge in [0.25, 0.3) is 5.91 Å². The fourth-order valence-corrected chi connectivity index (χ4v) is 2.99. The highest BCUT2D eigenvalue weighted by molar-refractivity contribution is 9.09. The molecule has 11 heteroatoms. The van der Waals surface area contributed by atoms with E-state index < -0.39 is 47.1 Å². The zero-order chi connectivity index (χ0) is 20.4. The maximum atomic E-state index is 13.5. The van der Waals surface area contributed by atoms with Crippen LogP contribution in [0.1, 0.15) is 25.3 Å². The SMILES string of the molecule is CC1(O)CC(Nc2c(NC(=O)C(F)F)cc(OCCBr)cc2C(F)(F)F)C1. The van der Waals surface area contributed by atoms with Crippen molar-refractivity contribution in [3.8, 4) is 5.75 Å². The molecule has 0 spiro atoms. The molecule has 0 radical (unpaired) electrons. The monoisotopic (exact) mass is 460 g/mol. The number of nitrogens with one attached hydrogen (secondary N) is 2. The molecule has 0 atom stereocenters. The fourth-order valence-electron chi connectivity index (χ4n) is 2.83. The number of rotatable bonds is 7. The number of aliphatic hydroxyl groups is 1. The van der Waals surface area contributed by atoms with Crippen LogP contribution in [0.2, 0.25) is 0 Å². The summed E-state index contributed by atoms with van der Waals surface area (Å²) in [5, 5.41) is 14.5. The lowest BCUT2D eigenvalue weighted by Gasteiger charge is -2.42. The lowest BCUT2D eigenvalue weighted by Crippen LogP contribution is -2.48.